The van der Waals surface area contributed by atoms with Gasteiger partial charge in [-0.1, -0.05) is 42.0 Å². The van der Waals surface area contributed by atoms with E-state index in [1.165, 1.54) is 7.11 Å². The van der Waals surface area contributed by atoms with Gasteiger partial charge in [-0.2, -0.15) is 13.2 Å². The van der Waals surface area contributed by atoms with Crippen LogP contribution in [0.1, 0.15) is 28.3 Å². The molecule has 174 valence electrons. The maximum absolute atomic E-state index is 13.1. The van der Waals surface area contributed by atoms with E-state index < -0.39 is 29.5 Å². The zero-order chi connectivity index (χ0) is 24.6. The molecule has 0 bridgehead atoms. The van der Waals surface area contributed by atoms with E-state index in [0.717, 1.165) is 34.7 Å². The molecule has 4 rings (SSSR count). The predicted molar refractivity (Wildman–Crippen MR) is 120 cm³/mol. The molecule has 1 amide bonds. The monoisotopic (exact) mass is 467 g/mol. The molecule has 0 radical (unpaired) electrons. The van der Waals surface area contributed by atoms with Crippen LogP contribution in [0.4, 0.5) is 18.9 Å². The van der Waals surface area contributed by atoms with Crippen LogP contribution in [0.25, 0.3) is 5.76 Å². The number of nitrogens with zero attached hydrogens (tertiary/aromatic N) is 1. The third kappa shape index (κ3) is 4.14. The summed E-state index contributed by atoms with van der Waals surface area (Å²) in [6, 6.07) is 16.2. The molecule has 0 aromatic heterocycles. The number of hydrogen-bond donors (Lipinski definition) is 1. The highest BCUT2D eigenvalue weighted by Crippen LogP contribution is 2.43. The van der Waals surface area contributed by atoms with Crippen molar-refractivity contribution in [1.82, 2.24) is 0 Å². The third-order valence-corrected chi connectivity index (χ3v) is 5.65. The van der Waals surface area contributed by atoms with Gasteiger partial charge in [0.05, 0.1) is 24.3 Å². The molecule has 3 aromatic carbocycles. The summed E-state index contributed by atoms with van der Waals surface area (Å²) in [5.41, 5.74) is 0.764. The Balaban J connectivity index is 1.91. The van der Waals surface area contributed by atoms with Crippen LogP contribution in [0.3, 0.4) is 0 Å². The number of aliphatic hydroxyl groups is 1. The van der Waals surface area contributed by atoms with Crippen LogP contribution in [-0.4, -0.2) is 23.9 Å². The Bertz CT molecular complexity index is 1280. The minimum atomic E-state index is -4.55. The lowest BCUT2D eigenvalue weighted by atomic mass is 9.94. The fourth-order valence-corrected chi connectivity index (χ4v) is 3.90. The Morgan fingerprint density at radius 3 is 2.21 bits per heavy atom. The molecule has 1 atom stereocenters. The number of aliphatic hydroxyl groups excluding tert-OH is 1. The van der Waals surface area contributed by atoms with Crippen molar-refractivity contribution in [2.75, 3.05) is 12.0 Å². The summed E-state index contributed by atoms with van der Waals surface area (Å²) >= 11 is 0. The molecular formula is C26H20F3NO4. The maximum atomic E-state index is 13.1. The number of methoxy groups -OCH3 is 1. The fraction of sp³-hybridized carbons (Fsp3) is 0.154. The van der Waals surface area contributed by atoms with Gasteiger partial charge in [-0.05, 0) is 48.9 Å². The van der Waals surface area contributed by atoms with Crippen LogP contribution in [0.5, 0.6) is 5.75 Å². The van der Waals surface area contributed by atoms with Gasteiger partial charge in [0, 0.05) is 11.3 Å². The van der Waals surface area contributed by atoms with Gasteiger partial charge in [-0.3, -0.25) is 14.5 Å². The summed E-state index contributed by atoms with van der Waals surface area (Å²) in [6.45, 7) is 1.86. The summed E-state index contributed by atoms with van der Waals surface area (Å²) in [5.74, 6) is -1.82. The molecule has 1 aliphatic rings. The van der Waals surface area contributed by atoms with E-state index in [2.05, 4.69) is 0 Å². The molecule has 0 aliphatic carbocycles. The van der Waals surface area contributed by atoms with Crippen molar-refractivity contribution in [3.63, 3.8) is 0 Å². The Hall–Kier alpha value is -4.07. The van der Waals surface area contributed by atoms with Crippen molar-refractivity contribution in [2.45, 2.75) is 19.1 Å². The number of alkyl halides is 3. The largest absolute Gasteiger partial charge is 0.507 e. The molecule has 0 spiro atoms. The minimum Gasteiger partial charge on any atom is -0.507 e. The Kier molecular flexibility index (Phi) is 5.91. The number of halogens is 3. The smallest absolute Gasteiger partial charge is 0.416 e. The highest BCUT2D eigenvalue weighted by atomic mass is 19.4. The van der Waals surface area contributed by atoms with E-state index in [1.54, 1.807) is 48.5 Å². The topological polar surface area (TPSA) is 66.8 Å². The van der Waals surface area contributed by atoms with Crippen LogP contribution in [0.15, 0.2) is 78.4 Å². The number of ketones is 1. The number of rotatable bonds is 4. The van der Waals surface area contributed by atoms with Gasteiger partial charge < -0.3 is 9.84 Å². The number of aryl methyl sites for hydroxylation is 1. The lowest BCUT2D eigenvalue weighted by molar-refractivity contribution is -0.137. The van der Waals surface area contributed by atoms with E-state index >= 15 is 0 Å². The number of ether oxygens (including phenoxy) is 1. The van der Waals surface area contributed by atoms with Gasteiger partial charge in [-0.25, -0.2) is 0 Å². The fourth-order valence-electron chi connectivity index (χ4n) is 3.90. The van der Waals surface area contributed by atoms with Gasteiger partial charge in [0.15, 0.2) is 0 Å². The van der Waals surface area contributed by atoms with Crippen molar-refractivity contribution in [3.05, 3.63) is 101 Å². The number of hydrogen-bond acceptors (Lipinski definition) is 4. The van der Waals surface area contributed by atoms with Crippen molar-refractivity contribution in [1.29, 1.82) is 0 Å². The average Bonchev–Trinajstić information content (AvgIpc) is 3.09. The first-order chi connectivity index (χ1) is 16.1. The summed E-state index contributed by atoms with van der Waals surface area (Å²) < 4.78 is 44.4. The third-order valence-electron chi connectivity index (χ3n) is 5.65. The van der Waals surface area contributed by atoms with Gasteiger partial charge in [0.2, 0.25) is 0 Å². The predicted octanol–water partition coefficient (Wildman–Crippen LogP) is 5.65. The van der Waals surface area contributed by atoms with E-state index in [-0.39, 0.29) is 17.0 Å². The minimum absolute atomic E-state index is 0.0888. The van der Waals surface area contributed by atoms with E-state index in [4.69, 9.17) is 4.74 Å². The molecule has 3 aromatic rings. The first-order valence-corrected chi connectivity index (χ1v) is 10.3. The summed E-state index contributed by atoms with van der Waals surface area (Å²) in [7, 11) is 1.46. The highest BCUT2D eigenvalue weighted by Gasteiger charge is 2.47. The molecule has 5 nitrogen and oxygen atoms in total. The summed E-state index contributed by atoms with van der Waals surface area (Å²) in [6.07, 6.45) is -4.55. The molecule has 8 heteroatoms. The normalized spacial score (nSPS) is 17.8. The number of Topliss-reactive ketones (excluding diaryl/α,β-unsaturated/α-hetero) is 1. The van der Waals surface area contributed by atoms with E-state index in [0.29, 0.717) is 16.9 Å². The quantitative estimate of drug-likeness (QED) is 0.306. The Morgan fingerprint density at radius 1 is 0.971 bits per heavy atom. The Morgan fingerprint density at radius 2 is 1.62 bits per heavy atom. The zero-order valence-electron chi connectivity index (χ0n) is 18.3. The van der Waals surface area contributed by atoms with E-state index in [1.807, 2.05) is 6.92 Å². The Labute approximate surface area is 193 Å². The number of carbonyl (C=O) groups is 2. The molecule has 34 heavy (non-hydrogen) atoms. The zero-order valence-corrected chi connectivity index (χ0v) is 18.3. The second-order valence-corrected chi connectivity index (χ2v) is 7.86. The second kappa shape index (κ2) is 8.70. The lowest BCUT2D eigenvalue weighted by Crippen LogP contribution is -2.29. The first-order valence-electron chi connectivity index (χ1n) is 10.3. The second-order valence-electron chi connectivity index (χ2n) is 7.86. The van der Waals surface area contributed by atoms with Gasteiger partial charge in [0.1, 0.15) is 11.5 Å². The number of benzene rings is 3. The highest BCUT2D eigenvalue weighted by molar-refractivity contribution is 6.51. The van der Waals surface area contributed by atoms with Gasteiger partial charge >= 0.3 is 6.18 Å². The standard InChI is InChI=1S/C26H20F3NO4/c1-15-6-8-16(9-7-15)23(31)21-22(17-4-3-5-20(14-17)34-2)30(25(33)24(21)32)19-12-10-18(11-13-19)26(27,28)29/h3-14,22,31H,1-2H3/b23-21+. The van der Waals surface area contributed by atoms with Crippen molar-refractivity contribution >= 4 is 23.1 Å². The number of amides is 1. The molecule has 1 aliphatic heterocycles. The SMILES string of the molecule is COc1cccc(C2/C(=C(\O)c3ccc(C)cc3)C(=O)C(=O)N2c2ccc(C(F)(F)F)cc2)c1. The van der Waals surface area contributed by atoms with Crippen molar-refractivity contribution in [2.24, 2.45) is 0 Å². The van der Waals surface area contributed by atoms with Crippen LogP contribution in [0, 0.1) is 6.92 Å². The van der Waals surface area contributed by atoms with Crippen molar-refractivity contribution < 1.29 is 32.6 Å². The molecule has 1 heterocycles. The lowest BCUT2D eigenvalue weighted by Gasteiger charge is -2.26. The molecule has 1 fully saturated rings. The molecule has 0 saturated carbocycles. The summed E-state index contributed by atoms with van der Waals surface area (Å²) in [4.78, 5) is 27.3. The summed E-state index contributed by atoms with van der Waals surface area (Å²) in [5, 5.41) is 11.1. The molecular weight excluding hydrogens is 447 g/mol. The number of anilines is 1. The van der Waals surface area contributed by atoms with Gasteiger partial charge in [0.25, 0.3) is 11.7 Å². The molecule has 1 saturated heterocycles. The van der Waals surface area contributed by atoms with Crippen molar-refractivity contribution in [3.8, 4) is 5.75 Å². The van der Waals surface area contributed by atoms with Gasteiger partial charge in [-0.15, -0.1) is 0 Å². The van der Waals surface area contributed by atoms with E-state index in [9.17, 15) is 27.9 Å². The average molecular weight is 467 g/mol. The first kappa shape index (κ1) is 23.1. The molecule has 1 N–H and O–H groups in total. The van der Waals surface area contributed by atoms with Crippen LogP contribution < -0.4 is 9.64 Å². The number of carbonyl (C=O) groups excluding carboxylic acids is 2. The molecule has 1 unspecified atom stereocenters. The van der Waals surface area contributed by atoms with Crippen LogP contribution >= 0.6 is 0 Å². The maximum Gasteiger partial charge on any atom is 0.416 e. The van der Waals surface area contributed by atoms with Crippen LogP contribution in [-0.2, 0) is 15.8 Å². The van der Waals surface area contributed by atoms with Crippen LogP contribution in [0.2, 0.25) is 0 Å².